The molecule has 3 rings (SSSR count). The monoisotopic (exact) mass is 344 g/mol. The number of rotatable bonds is 7. The molecule has 1 heterocycles. The summed E-state index contributed by atoms with van der Waals surface area (Å²) >= 11 is 0. The number of hydrogen-bond acceptors (Lipinski definition) is 0. The van der Waals surface area contributed by atoms with Crippen LogP contribution in [0.1, 0.15) is 84.0 Å². The van der Waals surface area contributed by atoms with Gasteiger partial charge in [-0.1, -0.05) is 0 Å². The van der Waals surface area contributed by atoms with Crippen molar-refractivity contribution in [2.24, 2.45) is 0 Å². The third-order valence-electron chi connectivity index (χ3n) is 6.91. The fourth-order valence-electron chi connectivity index (χ4n) is 5.34. The average molecular weight is 345 g/mol. The van der Waals surface area contributed by atoms with Crippen molar-refractivity contribution < 1.29 is 0 Å². The van der Waals surface area contributed by atoms with E-state index in [0.717, 1.165) is 5.66 Å². The van der Waals surface area contributed by atoms with Crippen LogP contribution in [0.25, 0.3) is 0 Å². The molecule has 0 aromatic carbocycles. The molecule has 0 amide bonds. The third kappa shape index (κ3) is 3.37. The molecule has 0 N–H and O–H groups in total. The summed E-state index contributed by atoms with van der Waals surface area (Å²) in [5.74, 6) is 5.38. The molecule has 1 aliphatic heterocycles. The molecule has 0 nitrogen and oxygen atoms in total. The van der Waals surface area contributed by atoms with Crippen LogP contribution in [0.2, 0.25) is 0 Å². The average Bonchev–Trinajstić information content (AvgIpc) is 3.13. The molecule has 0 spiro atoms. The van der Waals surface area contributed by atoms with Gasteiger partial charge in [0.2, 0.25) is 0 Å². The van der Waals surface area contributed by atoms with Gasteiger partial charge in [0.1, 0.15) is 0 Å². The van der Waals surface area contributed by atoms with Crippen LogP contribution < -0.4 is 0 Å². The first kappa shape index (κ1) is 18.2. The fraction of sp³-hybridized carbons (Fsp3) is 0.652. The van der Waals surface area contributed by atoms with E-state index >= 15 is 0 Å². The molecule has 3 aliphatic rings. The first-order valence-electron chi connectivity index (χ1n) is 10.5. The number of hydrogen-bond donors (Lipinski definition) is 0. The predicted octanol–water partition coefficient (Wildman–Crippen LogP) is 8.12. The molecule has 2 aliphatic carbocycles. The van der Waals surface area contributed by atoms with Crippen LogP contribution in [0.3, 0.4) is 0 Å². The van der Waals surface area contributed by atoms with E-state index in [2.05, 4.69) is 49.5 Å². The Bertz CT molecular complexity index is 541. The Morgan fingerprint density at radius 3 is 2.33 bits per heavy atom. The summed E-state index contributed by atoms with van der Waals surface area (Å²) in [6.45, 7) is 2.99. The van der Waals surface area contributed by atoms with Gasteiger partial charge in [0.15, 0.2) is 0 Å². The van der Waals surface area contributed by atoms with Gasteiger partial charge in [0, 0.05) is 0 Å². The van der Waals surface area contributed by atoms with E-state index in [1.165, 1.54) is 77.0 Å². The second-order valence-corrected chi connectivity index (χ2v) is 14.1. The third-order valence-corrected chi connectivity index (χ3v) is 13.2. The van der Waals surface area contributed by atoms with E-state index in [9.17, 15) is 0 Å². The maximum atomic E-state index is 2.69. The van der Waals surface area contributed by atoms with Crippen molar-refractivity contribution in [1.82, 2.24) is 0 Å². The summed E-state index contributed by atoms with van der Waals surface area (Å²) in [7, 11) is 0. The molecular formula is C23H37P. The zero-order valence-corrected chi connectivity index (χ0v) is 16.9. The molecule has 0 radical (unpaired) electrons. The van der Waals surface area contributed by atoms with Gasteiger partial charge in [-0.2, -0.15) is 0 Å². The molecule has 0 saturated heterocycles. The van der Waals surface area contributed by atoms with Gasteiger partial charge in [-0.05, 0) is 0 Å². The van der Waals surface area contributed by atoms with Crippen molar-refractivity contribution in [2.45, 2.75) is 89.6 Å². The van der Waals surface area contributed by atoms with Crippen LogP contribution in [0.5, 0.6) is 0 Å². The minimum atomic E-state index is -2.00. The molecule has 24 heavy (non-hydrogen) atoms. The quantitative estimate of drug-likeness (QED) is 0.248. The van der Waals surface area contributed by atoms with Crippen LogP contribution >= 0.6 is 6.60 Å². The Labute approximate surface area is 150 Å². The number of allylic oxidation sites excluding steroid dienone is 6. The molecule has 0 aromatic rings. The molecule has 0 aromatic heterocycles. The number of unbranched alkanes of at least 4 members (excludes halogenated alkanes) is 3. The van der Waals surface area contributed by atoms with Gasteiger partial charge >= 0.3 is 150 Å². The van der Waals surface area contributed by atoms with Crippen LogP contribution in [0.4, 0.5) is 0 Å². The van der Waals surface area contributed by atoms with Gasteiger partial charge in [0.05, 0.1) is 0 Å². The van der Waals surface area contributed by atoms with Crippen molar-refractivity contribution in [3.8, 4) is 0 Å². The minimum absolute atomic E-state index is 0.911. The van der Waals surface area contributed by atoms with E-state index < -0.39 is 6.60 Å². The summed E-state index contributed by atoms with van der Waals surface area (Å²) < 4.78 is 0. The first-order valence-corrected chi connectivity index (χ1v) is 13.3. The van der Waals surface area contributed by atoms with Crippen molar-refractivity contribution in [1.29, 1.82) is 0 Å². The standard InChI is InChI=1S/C23H37P/c1-3-4-5-8-14-21-15-13-18-23(21)24(2,19-11-12-20-24)22-16-9-6-7-10-17-22/h11-13,15,19-20,22H,3-10,14,16-18H2,1-2H3. The second kappa shape index (κ2) is 7.74. The zero-order chi connectivity index (χ0) is 16.9. The van der Waals surface area contributed by atoms with Crippen LogP contribution in [-0.2, 0) is 0 Å². The van der Waals surface area contributed by atoms with Crippen molar-refractivity contribution in [3.63, 3.8) is 0 Å². The molecule has 1 saturated carbocycles. The fourth-order valence-corrected chi connectivity index (χ4v) is 11.2. The van der Waals surface area contributed by atoms with E-state index in [-0.39, 0.29) is 0 Å². The Morgan fingerprint density at radius 2 is 1.67 bits per heavy atom. The van der Waals surface area contributed by atoms with E-state index in [0.29, 0.717) is 0 Å². The Kier molecular flexibility index (Phi) is 5.86. The van der Waals surface area contributed by atoms with Crippen molar-refractivity contribution in [3.05, 3.63) is 46.8 Å². The van der Waals surface area contributed by atoms with E-state index in [1.54, 1.807) is 5.57 Å². The molecule has 1 heteroatoms. The summed E-state index contributed by atoms with van der Waals surface area (Å²) in [5, 5.41) is 1.86. The molecular weight excluding hydrogens is 307 g/mol. The van der Waals surface area contributed by atoms with E-state index in [4.69, 9.17) is 0 Å². The summed E-state index contributed by atoms with van der Waals surface area (Å²) in [6.07, 6.45) is 26.5. The molecule has 0 bridgehead atoms. The van der Waals surface area contributed by atoms with Gasteiger partial charge in [-0.15, -0.1) is 0 Å². The predicted molar refractivity (Wildman–Crippen MR) is 112 cm³/mol. The second-order valence-electron chi connectivity index (χ2n) is 8.55. The van der Waals surface area contributed by atoms with Crippen LogP contribution in [0, 0.1) is 0 Å². The van der Waals surface area contributed by atoms with Gasteiger partial charge < -0.3 is 0 Å². The molecule has 0 unspecified atom stereocenters. The van der Waals surface area contributed by atoms with Crippen LogP contribution in [-0.4, -0.2) is 12.3 Å². The van der Waals surface area contributed by atoms with Crippen LogP contribution in [0.15, 0.2) is 46.8 Å². The summed E-state index contributed by atoms with van der Waals surface area (Å²) in [6, 6.07) is 0. The van der Waals surface area contributed by atoms with E-state index in [1.807, 2.05) is 5.31 Å². The van der Waals surface area contributed by atoms with Gasteiger partial charge in [0.25, 0.3) is 0 Å². The zero-order valence-electron chi connectivity index (χ0n) is 16.0. The molecule has 134 valence electrons. The summed E-state index contributed by atoms with van der Waals surface area (Å²) in [5.41, 5.74) is 2.63. The van der Waals surface area contributed by atoms with Crippen molar-refractivity contribution in [2.75, 3.05) is 6.66 Å². The normalized spacial score (nSPS) is 27.3. The topological polar surface area (TPSA) is 0 Å². The van der Waals surface area contributed by atoms with Gasteiger partial charge in [-0.25, -0.2) is 0 Å². The van der Waals surface area contributed by atoms with Gasteiger partial charge in [-0.3, -0.25) is 0 Å². The Hall–Kier alpha value is -0.610. The molecule has 0 atom stereocenters. The summed E-state index contributed by atoms with van der Waals surface area (Å²) in [4.78, 5) is 0. The Balaban J connectivity index is 1.88. The Morgan fingerprint density at radius 1 is 0.958 bits per heavy atom. The maximum absolute atomic E-state index is 2.69. The SMILES string of the molecule is CCCCCCC1=C(P2(C)(C3CCCCCC3)C=CC=C2)CC=C1. The van der Waals surface area contributed by atoms with Crippen molar-refractivity contribution >= 4 is 6.60 Å². The first-order chi connectivity index (χ1) is 11.7. The molecule has 1 fully saturated rings.